The molecule has 0 heterocycles. The number of aromatic hydroxyl groups is 1. The zero-order chi connectivity index (χ0) is 21.1. The quantitative estimate of drug-likeness (QED) is 0.264. The van der Waals surface area contributed by atoms with Gasteiger partial charge in [0.25, 0.3) is 0 Å². The molecule has 0 radical (unpaired) electrons. The van der Waals surface area contributed by atoms with E-state index in [0.29, 0.717) is 11.2 Å². The molecule has 1 aromatic carbocycles. The molecule has 0 amide bonds. The molecule has 2 aliphatic rings. The van der Waals surface area contributed by atoms with E-state index in [-0.39, 0.29) is 0 Å². The molecule has 2 bridgehead atoms. The van der Waals surface area contributed by atoms with Gasteiger partial charge in [-0.15, -0.1) is 0 Å². The Balaban J connectivity index is 1.22. The summed E-state index contributed by atoms with van der Waals surface area (Å²) in [5.41, 5.74) is 3.17. The van der Waals surface area contributed by atoms with Crippen molar-refractivity contribution in [1.82, 2.24) is 0 Å². The molecule has 170 valence electrons. The Morgan fingerprint density at radius 1 is 0.867 bits per heavy atom. The summed E-state index contributed by atoms with van der Waals surface area (Å²) in [4.78, 5) is 0. The number of aryl methyl sites for hydroxylation is 1. The fraction of sp³-hybridized carbons (Fsp3) is 0.786. The molecule has 0 saturated heterocycles. The maximum Gasteiger partial charge on any atom is 0.118 e. The Hall–Kier alpha value is -0.630. The highest BCUT2D eigenvalue weighted by Crippen LogP contribution is 2.55. The van der Waals surface area contributed by atoms with E-state index < -0.39 is 0 Å². The van der Waals surface area contributed by atoms with E-state index >= 15 is 0 Å². The topological polar surface area (TPSA) is 20.2 Å². The molecule has 0 unspecified atom stereocenters. The van der Waals surface area contributed by atoms with Crippen LogP contribution in [0.5, 0.6) is 5.75 Å². The van der Waals surface area contributed by atoms with Crippen LogP contribution in [0, 0.1) is 5.92 Å². The van der Waals surface area contributed by atoms with Crippen molar-refractivity contribution in [2.45, 2.75) is 121 Å². The number of fused-ring (bicyclic) bond motifs is 2. The summed E-state index contributed by atoms with van der Waals surface area (Å²) in [6.07, 6.45) is 23.4. The Bertz CT molecular complexity index is 603. The van der Waals surface area contributed by atoms with E-state index in [4.69, 9.17) is 0 Å². The number of hydrogen-bond donors (Lipinski definition) is 1. The van der Waals surface area contributed by atoms with Crippen LogP contribution in [0.2, 0.25) is 0 Å². The van der Waals surface area contributed by atoms with E-state index in [1.165, 1.54) is 125 Å². The van der Waals surface area contributed by atoms with Crippen molar-refractivity contribution >= 4 is 11.8 Å². The van der Waals surface area contributed by atoms with Crippen LogP contribution in [0.3, 0.4) is 0 Å². The molecule has 1 nitrogen and oxygen atoms in total. The van der Waals surface area contributed by atoms with Gasteiger partial charge in [-0.05, 0) is 91.4 Å². The smallest absolute Gasteiger partial charge is 0.118 e. The monoisotopic (exact) mass is 430 g/mol. The highest BCUT2D eigenvalue weighted by atomic mass is 32.2. The molecule has 2 saturated carbocycles. The van der Waals surface area contributed by atoms with Gasteiger partial charge in [-0.1, -0.05) is 76.8 Å². The van der Waals surface area contributed by atoms with E-state index in [9.17, 15) is 5.11 Å². The first-order chi connectivity index (χ1) is 14.7. The van der Waals surface area contributed by atoms with Crippen LogP contribution in [0.1, 0.15) is 121 Å². The zero-order valence-electron chi connectivity index (χ0n) is 19.6. The van der Waals surface area contributed by atoms with Crippen molar-refractivity contribution in [3.63, 3.8) is 0 Å². The third-order valence-corrected chi connectivity index (χ3v) is 8.97. The van der Waals surface area contributed by atoms with Crippen molar-refractivity contribution in [3.8, 4) is 5.75 Å². The Kier molecular flexibility index (Phi) is 10.4. The SMILES string of the molecule is CCCCCCCCCCCCSCCCc1cc(C23CCC(CC2)C3)ccc1O. The molecular formula is C28H46OS. The summed E-state index contributed by atoms with van der Waals surface area (Å²) in [5.74, 6) is 4.04. The van der Waals surface area contributed by atoms with Crippen LogP contribution >= 0.6 is 11.8 Å². The van der Waals surface area contributed by atoms with Gasteiger partial charge in [-0.3, -0.25) is 0 Å². The normalized spacial score (nSPS) is 22.8. The van der Waals surface area contributed by atoms with Gasteiger partial charge in [0, 0.05) is 0 Å². The molecule has 2 fully saturated rings. The highest BCUT2D eigenvalue weighted by molar-refractivity contribution is 7.99. The molecule has 0 aliphatic heterocycles. The van der Waals surface area contributed by atoms with Gasteiger partial charge in [0.2, 0.25) is 0 Å². The Morgan fingerprint density at radius 2 is 1.50 bits per heavy atom. The lowest BCUT2D eigenvalue weighted by atomic mass is 9.77. The van der Waals surface area contributed by atoms with Crippen LogP contribution in [0.4, 0.5) is 0 Å². The van der Waals surface area contributed by atoms with Crippen molar-refractivity contribution in [1.29, 1.82) is 0 Å². The standard InChI is InChI=1S/C28H46OS/c1-2-3-4-5-6-7-8-9-10-11-20-30-21-12-13-25-22-26(14-15-27(25)29)28-18-16-24(23-28)17-19-28/h14-15,22,24,29H,2-13,16-21,23H2,1H3. The van der Waals surface area contributed by atoms with Crippen molar-refractivity contribution in [2.75, 3.05) is 11.5 Å². The number of hydrogen-bond acceptors (Lipinski definition) is 2. The number of benzene rings is 1. The van der Waals surface area contributed by atoms with E-state index in [2.05, 4.69) is 30.8 Å². The molecule has 0 spiro atoms. The first kappa shape index (κ1) is 24.0. The molecule has 1 N–H and O–H groups in total. The number of phenols is 1. The van der Waals surface area contributed by atoms with E-state index in [1.54, 1.807) is 0 Å². The third-order valence-electron chi connectivity index (χ3n) is 7.81. The number of rotatable bonds is 16. The zero-order valence-corrected chi connectivity index (χ0v) is 20.4. The second kappa shape index (κ2) is 13.0. The van der Waals surface area contributed by atoms with Crippen molar-refractivity contribution in [2.24, 2.45) is 5.92 Å². The van der Waals surface area contributed by atoms with Gasteiger partial charge in [0.15, 0.2) is 0 Å². The summed E-state index contributed by atoms with van der Waals surface area (Å²) in [5, 5.41) is 10.3. The number of thioether (sulfide) groups is 1. The van der Waals surface area contributed by atoms with Gasteiger partial charge < -0.3 is 5.11 Å². The Labute approximate surface area is 190 Å². The molecular weight excluding hydrogens is 384 g/mol. The second-order valence-electron chi connectivity index (χ2n) is 10.2. The predicted molar refractivity (Wildman–Crippen MR) is 134 cm³/mol. The van der Waals surface area contributed by atoms with Crippen LogP contribution in [-0.4, -0.2) is 16.6 Å². The average Bonchev–Trinajstić information content (AvgIpc) is 3.37. The van der Waals surface area contributed by atoms with Gasteiger partial charge in [-0.2, -0.15) is 11.8 Å². The predicted octanol–water partition coefficient (Wildman–Crippen LogP) is 8.81. The average molecular weight is 431 g/mol. The first-order valence-electron chi connectivity index (χ1n) is 13.1. The minimum Gasteiger partial charge on any atom is -0.508 e. The molecule has 0 atom stereocenters. The van der Waals surface area contributed by atoms with Gasteiger partial charge in [-0.25, -0.2) is 0 Å². The summed E-state index contributed by atoms with van der Waals surface area (Å²) in [6.45, 7) is 2.29. The molecule has 30 heavy (non-hydrogen) atoms. The summed E-state index contributed by atoms with van der Waals surface area (Å²) < 4.78 is 0. The van der Waals surface area contributed by atoms with Crippen LogP contribution < -0.4 is 0 Å². The third kappa shape index (κ3) is 7.21. The number of unbranched alkanes of at least 4 members (excludes halogenated alkanes) is 9. The lowest BCUT2D eigenvalue weighted by Gasteiger charge is -2.28. The minimum atomic E-state index is 0.456. The van der Waals surface area contributed by atoms with E-state index in [1.807, 2.05) is 6.07 Å². The minimum absolute atomic E-state index is 0.456. The van der Waals surface area contributed by atoms with Gasteiger partial charge in [0.05, 0.1) is 0 Å². The molecule has 1 aromatic rings. The second-order valence-corrected chi connectivity index (χ2v) is 11.4. The fourth-order valence-corrected chi connectivity index (χ4v) is 6.83. The summed E-state index contributed by atoms with van der Waals surface area (Å²) in [6, 6.07) is 6.55. The molecule has 0 aromatic heterocycles. The van der Waals surface area contributed by atoms with Crippen LogP contribution in [0.25, 0.3) is 0 Å². The fourth-order valence-electron chi connectivity index (χ4n) is 5.87. The maximum absolute atomic E-state index is 10.3. The molecule has 3 rings (SSSR count). The van der Waals surface area contributed by atoms with Crippen LogP contribution in [-0.2, 0) is 11.8 Å². The molecule has 2 heteroatoms. The lowest BCUT2D eigenvalue weighted by Crippen LogP contribution is -2.19. The maximum atomic E-state index is 10.3. The number of phenolic OH excluding ortho intramolecular Hbond substituents is 1. The highest BCUT2D eigenvalue weighted by Gasteiger charge is 2.45. The van der Waals surface area contributed by atoms with Gasteiger partial charge in [0.1, 0.15) is 5.75 Å². The molecule has 2 aliphatic carbocycles. The van der Waals surface area contributed by atoms with Gasteiger partial charge >= 0.3 is 0 Å². The van der Waals surface area contributed by atoms with Crippen molar-refractivity contribution in [3.05, 3.63) is 29.3 Å². The van der Waals surface area contributed by atoms with E-state index in [0.717, 1.165) is 12.3 Å². The Morgan fingerprint density at radius 3 is 2.13 bits per heavy atom. The summed E-state index contributed by atoms with van der Waals surface area (Å²) >= 11 is 2.11. The largest absolute Gasteiger partial charge is 0.508 e. The van der Waals surface area contributed by atoms with Crippen LogP contribution in [0.15, 0.2) is 18.2 Å². The summed E-state index contributed by atoms with van der Waals surface area (Å²) in [7, 11) is 0. The van der Waals surface area contributed by atoms with Crippen molar-refractivity contribution < 1.29 is 5.11 Å². The lowest BCUT2D eigenvalue weighted by molar-refractivity contribution is 0.416. The first-order valence-corrected chi connectivity index (χ1v) is 14.3.